The van der Waals surface area contributed by atoms with Crippen molar-refractivity contribution in [3.8, 4) is 0 Å². The van der Waals surface area contributed by atoms with Crippen LogP contribution in [0, 0.1) is 0 Å². The number of hydrogen-bond acceptors (Lipinski definition) is 4. The van der Waals surface area contributed by atoms with E-state index >= 15 is 0 Å². The highest BCUT2D eigenvalue weighted by atomic mass is 32.2. The summed E-state index contributed by atoms with van der Waals surface area (Å²) in [6.45, 7) is 8.76. The predicted octanol–water partition coefficient (Wildman–Crippen LogP) is 4.20. The Hall–Kier alpha value is -2.08. The third-order valence-electron chi connectivity index (χ3n) is 4.17. The van der Waals surface area contributed by atoms with Crippen LogP contribution in [-0.2, 0) is 11.3 Å². The van der Waals surface area contributed by atoms with E-state index in [2.05, 4.69) is 46.6 Å². The van der Waals surface area contributed by atoms with E-state index in [1.165, 1.54) is 30.2 Å². The molecule has 0 saturated heterocycles. The highest BCUT2D eigenvalue weighted by Crippen LogP contribution is 2.40. The maximum atomic E-state index is 12.3. The summed E-state index contributed by atoms with van der Waals surface area (Å²) in [6, 6.07) is 7.99. The molecule has 2 aromatic rings. The van der Waals surface area contributed by atoms with Crippen LogP contribution in [0.1, 0.15) is 49.9 Å². The largest absolute Gasteiger partial charge is 0.325 e. The molecule has 1 aliphatic rings. The molecule has 5 nitrogen and oxygen atoms in total. The topological polar surface area (TPSA) is 59.8 Å². The summed E-state index contributed by atoms with van der Waals surface area (Å²) in [7, 11) is 0. The van der Waals surface area contributed by atoms with Gasteiger partial charge in [-0.25, -0.2) is 0 Å². The van der Waals surface area contributed by atoms with Crippen LogP contribution in [0.2, 0.25) is 0 Å². The van der Waals surface area contributed by atoms with Gasteiger partial charge in [-0.1, -0.05) is 43.8 Å². The highest BCUT2D eigenvalue weighted by molar-refractivity contribution is 7.99. The molecule has 1 saturated carbocycles. The van der Waals surface area contributed by atoms with Crippen molar-refractivity contribution in [2.24, 2.45) is 0 Å². The zero-order valence-electron chi connectivity index (χ0n) is 14.7. The summed E-state index contributed by atoms with van der Waals surface area (Å²) >= 11 is 1.42. The minimum atomic E-state index is -0.0352. The number of hydrogen-bond donors (Lipinski definition) is 1. The number of thioether (sulfide) groups is 1. The molecule has 1 aliphatic carbocycles. The lowest BCUT2D eigenvalue weighted by molar-refractivity contribution is -0.113. The van der Waals surface area contributed by atoms with Crippen molar-refractivity contribution >= 4 is 23.4 Å². The number of nitrogens with zero attached hydrogens (tertiary/aromatic N) is 3. The summed E-state index contributed by atoms with van der Waals surface area (Å²) in [5.74, 6) is 2.25. The number of allylic oxidation sites excluding steroid dienone is 1. The fourth-order valence-electron chi connectivity index (χ4n) is 2.65. The summed E-state index contributed by atoms with van der Waals surface area (Å²) in [6.07, 6.45) is 4.19. The Labute approximate surface area is 152 Å². The number of anilines is 1. The van der Waals surface area contributed by atoms with E-state index in [-0.39, 0.29) is 5.91 Å². The van der Waals surface area contributed by atoms with Crippen LogP contribution in [-0.4, -0.2) is 26.4 Å². The molecule has 3 rings (SSSR count). The maximum absolute atomic E-state index is 12.3. The van der Waals surface area contributed by atoms with E-state index in [0.29, 0.717) is 24.1 Å². The molecule has 25 heavy (non-hydrogen) atoms. The average molecular weight is 356 g/mol. The van der Waals surface area contributed by atoms with Gasteiger partial charge in [0.25, 0.3) is 0 Å². The molecule has 1 aromatic heterocycles. The van der Waals surface area contributed by atoms with Crippen LogP contribution in [0.15, 0.2) is 42.1 Å². The normalized spacial score (nSPS) is 13.9. The minimum Gasteiger partial charge on any atom is -0.325 e. The molecule has 0 unspecified atom stereocenters. The molecule has 0 bridgehead atoms. The standard InChI is InChI=1S/C19H24N4OS/c1-4-10-23-18(14-8-9-14)21-22-19(23)25-12-17(24)20-16-7-5-6-15(11-16)13(2)3/h4-7,11,13-14H,1,8-10,12H2,2-3H3,(H,20,24). The first kappa shape index (κ1) is 17.7. The van der Waals surface area contributed by atoms with E-state index in [4.69, 9.17) is 0 Å². The second kappa shape index (κ2) is 7.87. The van der Waals surface area contributed by atoms with Crippen LogP contribution in [0.4, 0.5) is 5.69 Å². The van der Waals surface area contributed by atoms with Gasteiger partial charge in [0.15, 0.2) is 5.16 Å². The number of aromatic nitrogens is 3. The van der Waals surface area contributed by atoms with Gasteiger partial charge in [0.1, 0.15) is 5.82 Å². The lowest BCUT2D eigenvalue weighted by atomic mass is 10.0. The summed E-state index contributed by atoms with van der Waals surface area (Å²) in [5.41, 5.74) is 2.05. The summed E-state index contributed by atoms with van der Waals surface area (Å²) in [5, 5.41) is 12.3. The zero-order valence-corrected chi connectivity index (χ0v) is 15.6. The second-order valence-electron chi connectivity index (χ2n) is 6.63. The van der Waals surface area contributed by atoms with Gasteiger partial charge in [-0.3, -0.25) is 4.79 Å². The van der Waals surface area contributed by atoms with Crippen LogP contribution in [0.5, 0.6) is 0 Å². The molecule has 0 spiro atoms. The average Bonchev–Trinajstić information content (AvgIpc) is 3.36. The Balaban J connectivity index is 1.61. The Morgan fingerprint density at radius 3 is 2.92 bits per heavy atom. The quantitative estimate of drug-likeness (QED) is 0.569. The van der Waals surface area contributed by atoms with Crippen molar-refractivity contribution in [2.45, 2.75) is 50.2 Å². The van der Waals surface area contributed by atoms with E-state index in [0.717, 1.165) is 16.7 Å². The van der Waals surface area contributed by atoms with Gasteiger partial charge in [-0.05, 0) is 36.5 Å². The lowest BCUT2D eigenvalue weighted by Gasteiger charge is -2.10. The Bertz CT molecular complexity index is 765. The molecular formula is C19H24N4OS. The summed E-state index contributed by atoms with van der Waals surface area (Å²) < 4.78 is 2.07. The number of nitrogens with one attached hydrogen (secondary N) is 1. The monoisotopic (exact) mass is 356 g/mol. The first-order valence-corrected chi connectivity index (χ1v) is 9.63. The minimum absolute atomic E-state index is 0.0352. The Morgan fingerprint density at radius 2 is 2.24 bits per heavy atom. The summed E-state index contributed by atoms with van der Waals surface area (Å²) in [4.78, 5) is 12.3. The number of rotatable bonds is 8. The molecule has 0 aliphatic heterocycles. The number of carbonyl (C=O) groups excluding carboxylic acids is 1. The van der Waals surface area contributed by atoms with Crippen molar-refractivity contribution < 1.29 is 4.79 Å². The van der Waals surface area contributed by atoms with E-state index in [9.17, 15) is 4.79 Å². The van der Waals surface area contributed by atoms with Gasteiger partial charge in [-0.2, -0.15) is 0 Å². The molecular weight excluding hydrogens is 332 g/mol. The fraction of sp³-hybridized carbons (Fsp3) is 0.421. The van der Waals surface area contributed by atoms with Crippen LogP contribution >= 0.6 is 11.8 Å². The van der Waals surface area contributed by atoms with Gasteiger partial charge in [0.2, 0.25) is 5.91 Å². The van der Waals surface area contributed by atoms with Gasteiger partial charge in [-0.15, -0.1) is 16.8 Å². The Kier molecular flexibility index (Phi) is 5.58. The van der Waals surface area contributed by atoms with Crippen LogP contribution in [0.25, 0.3) is 0 Å². The highest BCUT2D eigenvalue weighted by Gasteiger charge is 2.30. The first-order valence-electron chi connectivity index (χ1n) is 8.65. The predicted molar refractivity (Wildman–Crippen MR) is 102 cm³/mol. The zero-order chi connectivity index (χ0) is 17.8. The van der Waals surface area contributed by atoms with Gasteiger partial charge >= 0.3 is 0 Å². The van der Waals surface area contributed by atoms with E-state index in [1.54, 1.807) is 0 Å². The lowest BCUT2D eigenvalue weighted by Crippen LogP contribution is -2.15. The van der Waals surface area contributed by atoms with E-state index in [1.807, 2.05) is 24.3 Å². The van der Waals surface area contributed by atoms with Gasteiger partial charge in [0.05, 0.1) is 5.75 Å². The fourth-order valence-corrected chi connectivity index (χ4v) is 3.41. The third kappa shape index (κ3) is 4.51. The van der Waals surface area contributed by atoms with E-state index < -0.39 is 0 Å². The van der Waals surface area contributed by atoms with Crippen molar-refractivity contribution in [1.29, 1.82) is 0 Å². The van der Waals surface area contributed by atoms with Crippen molar-refractivity contribution in [3.05, 3.63) is 48.3 Å². The molecule has 1 aromatic carbocycles. The van der Waals surface area contributed by atoms with Crippen molar-refractivity contribution in [1.82, 2.24) is 14.8 Å². The number of amides is 1. The molecule has 1 amide bonds. The van der Waals surface area contributed by atoms with Gasteiger partial charge in [0, 0.05) is 18.2 Å². The molecule has 0 atom stereocenters. The molecule has 132 valence electrons. The SMILES string of the molecule is C=CCn1c(SCC(=O)Nc2cccc(C(C)C)c2)nnc1C1CC1. The Morgan fingerprint density at radius 1 is 1.44 bits per heavy atom. The molecule has 1 N–H and O–H groups in total. The van der Waals surface area contributed by atoms with Gasteiger partial charge < -0.3 is 9.88 Å². The number of carbonyl (C=O) groups is 1. The first-order chi connectivity index (χ1) is 12.1. The smallest absolute Gasteiger partial charge is 0.234 e. The number of benzene rings is 1. The van der Waals surface area contributed by atoms with Crippen LogP contribution in [0.3, 0.4) is 0 Å². The molecule has 6 heteroatoms. The molecule has 1 fully saturated rings. The third-order valence-corrected chi connectivity index (χ3v) is 5.14. The van der Waals surface area contributed by atoms with Crippen molar-refractivity contribution in [2.75, 3.05) is 11.1 Å². The maximum Gasteiger partial charge on any atom is 0.234 e. The van der Waals surface area contributed by atoms with Crippen molar-refractivity contribution in [3.63, 3.8) is 0 Å². The molecule has 1 heterocycles. The second-order valence-corrected chi connectivity index (χ2v) is 7.57. The van der Waals surface area contributed by atoms with Crippen LogP contribution < -0.4 is 5.32 Å². The molecule has 0 radical (unpaired) electrons.